The minimum atomic E-state index is -4.72. The quantitative estimate of drug-likeness (QED) is 0.0212. The van der Waals surface area contributed by atoms with Crippen LogP contribution in [0.4, 0.5) is 0 Å². The van der Waals surface area contributed by atoms with Gasteiger partial charge >= 0.3 is 5.97 Å². The van der Waals surface area contributed by atoms with Gasteiger partial charge in [-0.25, -0.2) is 0 Å². The molecule has 0 aliphatic carbocycles. The van der Waals surface area contributed by atoms with E-state index in [1.54, 1.807) is 6.08 Å². The molecule has 1 N–H and O–H groups in total. The third kappa shape index (κ3) is 50.1. The normalized spacial score (nSPS) is 14.4. The zero-order valence-corrected chi connectivity index (χ0v) is 46.8. The van der Waals surface area contributed by atoms with Gasteiger partial charge in [-0.05, 0) is 96.0 Å². The molecule has 0 aromatic heterocycles. The highest BCUT2D eigenvalue weighted by atomic mass is 31.2. The van der Waals surface area contributed by atoms with E-state index in [0.29, 0.717) is 23.9 Å². The van der Waals surface area contributed by atoms with Crippen molar-refractivity contribution >= 4 is 19.7 Å². The topological polar surface area (TPSA) is 114 Å². The Hall–Kier alpha value is -2.81. The predicted molar refractivity (Wildman–Crippen MR) is 298 cm³/mol. The number of rotatable bonds is 50. The number of esters is 1. The van der Waals surface area contributed by atoms with E-state index in [9.17, 15) is 19.0 Å². The molecule has 0 aromatic carbocycles. The van der Waals surface area contributed by atoms with Crippen molar-refractivity contribution < 1.29 is 37.3 Å². The summed E-state index contributed by atoms with van der Waals surface area (Å²) >= 11 is 0. The fourth-order valence-electron chi connectivity index (χ4n) is 7.62. The third-order valence-corrected chi connectivity index (χ3v) is 13.0. The standard InChI is InChI=1S/C60H107N2O7P/c1-7-10-13-16-19-22-25-28-29-30-31-32-33-35-37-40-43-46-49-52-59(63)61-57(56-68-70(65,66)67-55-54-62(4,5)6)58(51-48-45-42-39-36-27-24-21-18-15-12-9-3)69-60(64)53-50-47-44-41-38-34-26-23-20-17-14-11-8-2/h19,22,28-29,31-32,34-35,37-38,44,47-48,51,57-58H,7-18,20-21,23-27,30,33,36,39-43,45-46,49-50,52-56H2,1-6H3,(H-,61,63,65,66)/b22-19-,29-28-,32-31-,37-35-,38-34-,47-44+,51-48-. The maximum atomic E-state index is 13.5. The first-order chi connectivity index (χ1) is 33.9. The van der Waals surface area contributed by atoms with Gasteiger partial charge in [0, 0.05) is 12.8 Å². The van der Waals surface area contributed by atoms with Crippen molar-refractivity contribution in [1.82, 2.24) is 5.32 Å². The largest absolute Gasteiger partial charge is 0.756 e. The van der Waals surface area contributed by atoms with Crippen molar-refractivity contribution in [2.75, 3.05) is 40.9 Å². The summed E-state index contributed by atoms with van der Waals surface area (Å²) in [7, 11) is 1.13. The first kappa shape index (κ1) is 67.2. The Morgan fingerprint density at radius 2 is 0.886 bits per heavy atom. The molecule has 0 spiro atoms. The molecule has 0 aliphatic rings. The number of carbonyl (C=O) groups excluding carboxylic acids is 2. The Balaban J connectivity index is 5.47. The van der Waals surface area contributed by atoms with Gasteiger partial charge in [0.1, 0.15) is 19.3 Å². The average molecular weight is 999 g/mol. The number of phosphoric ester groups is 1. The van der Waals surface area contributed by atoms with Crippen LogP contribution in [0.3, 0.4) is 0 Å². The molecule has 70 heavy (non-hydrogen) atoms. The molecule has 0 saturated heterocycles. The number of allylic oxidation sites excluding steroid dienone is 13. The first-order valence-electron chi connectivity index (χ1n) is 28.4. The smallest absolute Gasteiger partial charge is 0.306 e. The summed E-state index contributed by atoms with van der Waals surface area (Å²) in [6.45, 7) is 6.72. The van der Waals surface area contributed by atoms with Crippen molar-refractivity contribution in [2.24, 2.45) is 0 Å². The Morgan fingerprint density at radius 3 is 1.36 bits per heavy atom. The summed E-state index contributed by atoms with van der Waals surface area (Å²) < 4.78 is 30.1. The van der Waals surface area contributed by atoms with Crippen LogP contribution < -0.4 is 10.2 Å². The van der Waals surface area contributed by atoms with Gasteiger partial charge in [-0.1, -0.05) is 209 Å². The number of phosphoric acid groups is 1. The second kappa shape index (κ2) is 49.8. The summed E-state index contributed by atoms with van der Waals surface area (Å²) in [5.74, 6) is -0.660. The fourth-order valence-corrected chi connectivity index (χ4v) is 8.34. The van der Waals surface area contributed by atoms with Gasteiger partial charge in [0.2, 0.25) is 5.91 Å². The lowest BCUT2D eigenvalue weighted by Crippen LogP contribution is -2.47. The van der Waals surface area contributed by atoms with Crippen LogP contribution >= 0.6 is 7.82 Å². The first-order valence-corrected chi connectivity index (χ1v) is 29.9. The highest BCUT2D eigenvalue weighted by Crippen LogP contribution is 2.38. The van der Waals surface area contributed by atoms with Gasteiger partial charge in [0.05, 0.1) is 33.8 Å². The minimum absolute atomic E-state index is 0.0397. The lowest BCUT2D eigenvalue weighted by molar-refractivity contribution is -0.870. The molecule has 1 amide bonds. The van der Waals surface area contributed by atoms with Crippen LogP contribution in [-0.4, -0.2) is 69.4 Å². The number of amides is 1. The number of nitrogens with zero attached hydrogens (tertiary/aromatic N) is 1. The van der Waals surface area contributed by atoms with E-state index in [-0.39, 0.29) is 25.4 Å². The zero-order chi connectivity index (χ0) is 51.5. The van der Waals surface area contributed by atoms with E-state index in [1.807, 2.05) is 33.3 Å². The lowest BCUT2D eigenvalue weighted by atomic mass is 10.1. The molecule has 0 aliphatic heterocycles. The Labute approximate surface area is 431 Å². The molecular weight excluding hydrogens is 892 g/mol. The van der Waals surface area contributed by atoms with Crippen LogP contribution in [0.25, 0.3) is 0 Å². The maximum absolute atomic E-state index is 13.5. The number of unbranched alkanes of at least 4 members (excludes halogenated alkanes) is 22. The predicted octanol–water partition coefficient (Wildman–Crippen LogP) is 16.4. The third-order valence-electron chi connectivity index (χ3n) is 12.1. The summed E-state index contributed by atoms with van der Waals surface area (Å²) in [6, 6.07) is -0.930. The fraction of sp³-hybridized carbons (Fsp3) is 0.733. The van der Waals surface area contributed by atoms with Crippen molar-refractivity contribution in [3.63, 3.8) is 0 Å². The molecule has 10 heteroatoms. The molecule has 0 bridgehead atoms. The van der Waals surface area contributed by atoms with E-state index in [4.69, 9.17) is 13.8 Å². The number of likely N-dealkylation sites (N-methyl/N-ethyl adjacent to an activating group) is 1. The molecule has 0 heterocycles. The van der Waals surface area contributed by atoms with E-state index >= 15 is 0 Å². The SMILES string of the molecule is CCCCC/C=C\C/C=C\C/C=C\C/C=C\CCCCCC(=O)NC(COP(=O)([O-])OCC[N+](C)(C)C)C(/C=C\CCCCCCCCCCCC)OC(=O)CC/C=C/C/C=C\CCCCCCCC. The molecule has 0 rings (SSSR count). The molecule has 3 atom stereocenters. The number of hydrogen-bond acceptors (Lipinski definition) is 7. The highest BCUT2D eigenvalue weighted by molar-refractivity contribution is 7.45. The monoisotopic (exact) mass is 999 g/mol. The Morgan fingerprint density at radius 1 is 0.500 bits per heavy atom. The van der Waals surface area contributed by atoms with Crippen LogP contribution in [0.5, 0.6) is 0 Å². The van der Waals surface area contributed by atoms with Gasteiger partial charge < -0.3 is 28.5 Å². The number of ether oxygens (including phenoxy) is 1. The maximum Gasteiger partial charge on any atom is 0.306 e. The van der Waals surface area contributed by atoms with Gasteiger partial charge in [-0.2, -0.15) is 0 Å². The molecule has 9 nitrogen and oxygen atoms in total. The summed E-state index contributed by atoms with van der Waals surface area (Å²) in [5.41, 5.74) is 0. The molecule has 3 unspecified atom stereocenters. The molecule has 0 saturated carbocycles. The minimum Gasteiger partial charge on any atom is -0.756 e. The number of nitrogens with one attached hydrogen (secondary N) is 1. The van der Waals surface area contributed by atoms with Gasteiger partial charge in [0.15, 0.2) is 0 Å². The second-order valence-electron chi connectivity index (χ2n) is 20.1. The van der Waals surface area contributed by atoms with Crippen LogP contribution in [0.1, 0.15) is 233 Å². The molecule has 0 fully saturated rings. The van der Waals surface area contributed by atoms with Crippen LogP contribution in [-0.2, 0) is 27.9 Å². The van der Waals surface area contributed by atoms with E-state index in [2.05, 4.69) is 92.9 Å². The average Bonchev–Trinajstić information content (AvgIpc) is 3.32. The number of quaternary nitrogens is 1. The summed E-state index contributed by atoms with van der Waals surface area (Å²) in [6.07, 6.45) is 64.2. The highest BCUT2D eigenvalue weighted by Gasteiger charge is 2.27. The zero-order valence-electron chi connectivity index (χ0n) is 45.9. The van der Waals surface area contributed by atoms with Crippen LogP contribution in [0, 0.1) is 0 Å². The Bertz CT molecular complexity index is 1480. The van der Waals surface area contributed by atoms with Crippen molar-refractivity contribution in [2.45, 2.75) is 245 Å². The van der Waals surface area contributed by atoms with Gasteiger partial charge in [0.25, 0.3) is 7.82 Å². The molecular formula is C60H107N2O7P. The van der Waals surface area contributed by atoms with Gasteiger partial charge in [-0.15, -0.1) is 0 Å². The number of hydrogen-bond donors (Lipinski definition) is 1. The second-order valence-corrected chi connectivity index (χ2v) is 21.5. The number of carbonyl (C=O) groups is 2. The summed E-state index contributed by atoms with van der Waals surface area (Å²) in [5, 5.41) is 2.98. The van der Waals surface area contributed by atoms with Crippen molar-refractivity contribution in [1.29, 1.82) is 0 Å². The molecule has 0 radical (unpaired) electrons. The van der Waals surface area contributed by atoms with E-state index < -0.39 is 32.5 Å². The van der Waals surface area contributed by atoms with E-state index in [1.165, 1.54) is 116 Å². The van der Waals surface area contributed by atoms with Crippen molar-refractivity contribution in [3.05, 3.63) is 85.1 Å². The Kier molecular flexibility index (Phi) is 47.8. The van der Waals surface area contributed by atoms with E-state index in [0.717, 1.165) is 70.6 Å². The van der Waals surface area contributed by atoms with Crippen molar-refractivity contribution in [3.8, 4) is 0 Å². The summed E-state index contributed by atoms with van der Waals surface area (Å²) in [4.78, 5) is 39.8. The lowest BCUT2D eigenvalue weighted by Gasteiger charge is -2.30. The van der Waals surface area contributed by atoms with Gasteiger partial charge in [-0.3, -0.25) is 14.2 Å². The molecule has 404 valence electrons. The molecule has 0 aromatic rings. The van der Waals surface area contributed by atoms with Crippen LogP contribution in [0.15, 0.2) is 85.1 Å². The van der Waals surface area contributed by atoms with Crippen LogP contribution in [0.2, 0.25) is 0 Å².